The maximum Gasteiger partial charge on any atom is 0.144 e. The van der Waals surface area contributed by atoms with Crippen molar-refractivity contribution in [3.8, 4) is 11.8 Å². The second-order valence-corrected chi connectivity index (χ2v) is 8.89. The first kappa shape index (κ1) is 23.8. The molecule has 29 heavy (non-hydrogen) atoms. The van der Waals surface area contributed by atoms with Crippen LogP contribution >= 0.6 is 34.8 Å². The average molecular weight is 482 g/mol. The van der Waals surface area contributed by atoms with Crippen LogP contribution in [0.5, 0.6) is 5.75 Å². The lowest BCUT2D eigenvalue weighted by molar-refractivity contribution is -0.000503. The summed E-state index contributed by atoms with van der Waals surface area (Å²) in [4.78, 5) is 0.273. The molecule has 1 heterocycles. The fourth-order valence-corrected chi connectivity index (χ4v) is 5.05. The van der Waals surface area contributed by atoms with E-state index in [9.17, 15) is 13.7 Å². The third kappa shape index (κ3) is 6.03. The molecule has 0 radical (unpaired) electrons. The summed E-state index contributed by atoms with van der Waals surface area (Å²) in [6.07, 6.45) is 0.345. The smallest absolute Gasteiger partial charge is 0.144 e. The Morgan fingerprint density at radius 1 is 1.24 bits per heavy atom. The summed E-state index contributed by atoms with van der Waals surface area (Å²) in [7, 11) is -1.60. The first-order chi connectivity index (χ1) is 13.6. The monoisotopic (exact) mass is 480 g/mol. The Kier molecular flexibility index (Phi) is 8.26. The number of phenols is 1. The van der Waals surface area contributed by atoms with Crippen LogP contribution in [0.4, 0.5) is 4.39 Å². The molecular weight excluding hydrogens is 466 g/mol. The molecule has 11 heteroatoms. The van der Waals surface area contributed by atoms with Gasteiger partial charge in [0.1, 0.15) is 34.2 Å². The Morgan fingerprint density at radius 2 is 1.86 bits per heavy atom. The van der Waals surface area contributed by atoms with Gasteiger partial charge in [-0.05, 0) is 30.7 Å². The lowest BCUT2D eigenvalue weighted by Crippen LogP contribution is -2.37. The molecule has 0 amide bonds. The number of phenolic OH excluding ortho intramolecular Hbond substituents is 1. The maximum atomic E-state index is 12.5. The van der Waals surface area contributed by atoms with Crippen LogP contribution in [0.2, 0.25) is 15.1 Å². The van der Waals surface area contributed by atoms with E-state index in [0.717, 1.165) is 6.07 Å². The molecule has 1 saturated heterocycles. The summed E-state index contributed by atoms with van der Waals surface area (Å²) in [6, 6.07) is 7.97. The molecule has 1 aliphatic heterocycles. The van der Waals surface area contributed by atoms with Gasteiger partial charge in [0.05, 0.1) is 27.1 Å². The van der Waals surface area contributed by atoms with Crippen molar-refractivity contribution in [1.29, 1.82) is 5.26 Å². The summed E-state index contributed by atoms with van der Waals surface area (Å²) in [5, 5.41) is 36.8. The lowest BCUT2D eigenvalue weighted by atomic mass is 10.1. The maximum absolute atomic E-state index is 12.5. The zero-order valence-corrected chi connectivity index (χ0v) is 17.9. The van der Waals surface area contributed by atoms with E-state index in [1.807, 2.05) is 0 Å². The Labute approximate surface area is 184 Å². The zero-order chi connectivity index (χ0) is 21.8. The molecule has 2 unspecified atom stereocenters. The van der Waals surface area contributed by atoms with E-state index in [-0.39, 0.29) is 39.4 Å². The minimum atomic E-state index is -1.60. The van der Waals surface area contributed by atoms with Crippen molar-refractivity contribution in [3.63, 3.8) is 0 Å². The number of β-amino-alcohol motifs (C(OH)–C–C–N with tert-alkyl or cyclic N) is 1. The van der Waals surface area contributed by atoms with Crippen LogP contribution in [0.1, 0.15) is 12.0 Å². The van der Waals surface area contributed by atoms with Crippen molar-refractivity contribution in [2.75, 3.05) is 19.7 Å². The average Bonchev–Trinajstić information content (AvgIpc) is 3.04. The van der Waals surface area contributed by atoms with Gasteiger partial charge < -0.3 is 15.3 Å². The summed E-state index contributed by atoms with van der Waals surface area (Å²) in [5.41, 5.74) is -1.28. The first-order valence-electron chi connectivity index (χ1n) is 8.13. The van der Waals surface area contributed by atoms with Gasteiger partial charge in [0, 0.05) is 24.2 Å². The molecule has 3 rings (SSSR count). The number of nitriles is 1. The quantitative estimate of drug-likeness (QED) is 0.622. The van der Waals surface area contributed by atoms with Crippen LogP contribution in [-0.2, 0) is 11.0 Å². The van der Waals surface area contributed by atoms with Crippen LogP contribution in [0.3, 0.4) is 0 Å². The molecule has 6 nitrogen and oxygen atoms in total. The van der Waals surface area contributed by atoms with E-state index >= 15 is 0 Å². The highest BCUT2D eigenvalue weighted by molar-refractivity contribution is 7.83. The van der Waals surface area contributed by atoms with Crippen molar-refractivity contribution >= 4 is 45.8 Å². The van der Waals surface area contributed by atoms with E-state index in [0.29, 0.717) is 18.0 Å². The fraction of sp³-hybridized carbons (Fsp3) is 0.278. The van der Waals surface area contributed by atoms with Gasteiger partial charge in [0.25, 0.3) is 0 Å². The second-order valence-electron chi connectivity index (χ2n) is 6.22. The predicted molar refractivity (Wildman–Crippen MR) is 109 cm³/mol. The molecule has 1 fully saturated rings. The van der Waals surface area contributed by atoms with Crippen LogP contribution in [0, 0.1) is 17.1 Å². The second kappa shape index (κ2) is 10.0. The van der Waals surface area contributed by atoms with Crippen molar-refractivity contribution in [2.24, 2.45) is 0 Å². The van der Waals surface area contributed by atoms with E-state index in [2.05, 4.69) is 0 Å². The number of aliphatic hydroxyl groups excluding tert-OH is 1. The summed E-state index contributed by atoms with van der Waals surface area (Å²) < 4.78 is 26.4. The van der Waals surface area contributed by atoms with Gasteiger partial charge in [-0.3, -0.25) is 0 Å². The Bertz CT molecular complexity index is 950. The predicted octanol–water partition coefficient (Wildman–Crippen LogP) is 3.50. The van der Waals surface area contributed by atoms with Gasteiger partial charge in [-0.15, -0.1) is 0 Å². The van der Waals surface area contributed by atoms with Crippen LogP contribution < -0.4 is 0 Å². The Balaban J connectivity index is 0.000000253. The molecule has 0 bridgehead atoms. The van der Waals surface area contributed by atoms with E-state index in [4.69, 9.17) is 50.3 Å². The van der Waals surface area contributed by atoms with Crippen LogP contribution in [0.25, 0.3) is 0 Å². The minimum Gasteiger partial charge on any atom is -0.508 e. The number of hydrogen-bond acceptors (Lipinski definition) is 5. The topological polar surface area (TPSA) is 105 Å². The van der Waals surface area contributed by atoms with Crippen molar-refractivity contribution in [2.45, 2.75) is 16.9 Å². The molecule has 2 aromatic rings. The van der Waals surface area contributed by atoms with Gasteiger partial charge in [-0.1, -0.05) is 34.8 Å². The number of halogens is 4. The molecule has 0 spiro atoms. The highest BCUT2D eigenvalue weighted by Crippen LogP contribution is 2.34. The molecule has 0 aromatic heterocycles. The summed E-state index contributed by atoms with van der Waals surface area (Å²) in [6.45, 7) is 0.118. The van der Waals surface area contributed by atoms with Crippen molar-refractivity contribution in [1.82, 2.24) is 4.31 Å². The largest absolute Gasteiger partial charge is 0.508 e. The normalized spacial score (nSPS) is 19.9. The van der Waals surface area contributed by atoms with Gasteiger partial charge in [0.2, 0.25) is 0 Å². The van der Waals surface area contributed by atoms with Crippen molar-refractivity contribution < 1.29 is 23.9 Å². The summed E-state index contributed by atoms with van der Waals surface area (Å²) in [5.74, 6) is -0.862. The van der Waals surface area contributed by atoms with Gasteiger partial charge in [0.15, 0.2) is 0 Å². The highest BCUT2D eigenvalue weighted by atomic mass is 35.5. The van der Waals surface area contributed by atoms with Gasteiger partial charge in [-0.2, -0.15) is 5.26 Å². The molecule has 2 atom stereocenters. The van der Waals surface area contributed by atoms with E-state index in [1.54, 1.807) is 6.07 Å². The number of rotatable bonds is 3. The molecular formula is C18H16Cl3FN2O4S. The number of nitrogens with zero attached hydrogens (tertiary/aromatic N) is 2. The molecule has 3 N–H and O–H groups in total. The molecule has 156 valence electrons. The minimum absolute atomic E-state index is 0.0576. The van der Waals surface area contributed by atoms with Gasteiger partial charge >= 0.3 is 0 Å². The zero-order valence-electron chi connectivity index (χ0n) is 14.8. The molecule has 0 saturated carbocycles. The van der Waals surface area contributed by atoms with Crippen LogP contribution in [0.15, 0.2) is 35.2 Å². The molecule has 1 aliphatic rings. The number of benzene rings is 2. The number of aromatic hydroxyl groups is 1. The number of hydrogen-bond donors (Lipinski definition) is 3. The standard InChI is InChI=1S/C11H12Cl3NO3S.C7H4FNO/c12-7-3-8(13)10(9(14)4-7)19(18)15-2-1-11(17,5-15)6-16;8-7-3-6(10)2-1-5(7)4-9/h3-4,16-17H,1-2,5-6H2;1-3,10H. The SMILES string of the molecule is N#Cc1ccc(O)cc1F.O=S(c1c(Cl)cc(Cl)cc1Cl)N1CCC(O)(CO)C1. The van der Waals surface area contributed by atoms with Crippen LogP contribution in [-0.4, -0.2) is 49.1 Å². The first-order valence-corrected chi connectivity index (χ1v) is 10.4. The fourth-order valence-electron chi connectivity index (χ4n) is 2.51. The lowest BCUT2D eigenvalue weighted by Gasteiger charge is -2.20. The molecule has 0 aliphatic carbocycles. The Hall–Kier alpha value is -1.44. The highest BCUT2D eigenvalue weighted by Gasteiger charge is 2.39. The third-order valence-electron chi connectivity index (χ3n) is 4.04. The third-order valence-corrected chi connectivity index (χ3v) is 6.65. The van der Waals surface area contributed by atoms with Crippen molar-refractivity contribution in [3.05, 3.63) is 56.8 Å². The van der Waals surface area contributed by atoms with Gasteiger partial charge in [-0.25, -0.2) is 12.9 Å². The number of aliphatic hydroxyl groups is 2. The van der Waals surface area contributed by atoms with E-state index in [1.165, 1.54) is 28.6 Å². The Morgan fingerprint density at radius 3 is 2.34 bits per heavy atom. The molecule has 2 aromatic carbocycles. The summed E-state index contributed by atoms with van der Waals surface area (Å²) >= 11 is 17.8. The van der Waals surface area contributed by atoms with E-state index < -0.39 is 22.4 Å².